The minimum atomic E-state index is -3.22. The second kappa shape index (κ2) is 9.19. The van der Waals surface area contributed by atoms with Gasteiger partial charge >= 0.3 is 8.80 Å². The van der Waals surface area contributed by atoms with Gasteiger partial charge in [0.25, 0.3) is 0 Å². The van der Waals surface area contributed by atoms with Crippen LogP contribution in [0.15, 0.2) is 91.0 Å². The van der Waals surface area contributed by atoms with Crippen molar-refractivity contribution in [3.8, 4) is 11.5 Å². The minimum absolute atomic E-state index is 0.0711. The van der Waals surface area contributed by atoms with Crippen LogP contribution >= 0.6 is 0 Å². The number of rotatable bonds is 2. The van der Waals surface area contributed by atoms with Gasteiger partial charge in [0.15, 0.2) is 0 Å². The fourth-order valence-electron chi connectivity index (χ4n) is 4.22. The van der Waals surface area contributed by atoms with Crippen LogP contribution in [0.2, 0.25) is 0 Å². The van der Waals surface area contributed by atoms with Crippen molar-refractivity contribution >= 4 is 8.80 Å². The van der Waals surface area contributed by atoms with Crippen molar-refractivity contribution in [2.45, 2.75) is 12.1 Å². The molecule has 4 nitrogen and oxygen atoms in total. The normalized spacial score (nSPS) is 27.9. The molecule has 6 rings (SSSR count). The average molecular weight is 428 g/mol. The zero-order valence-electron chi connectivity index (χ0n) is 17.3. The van der Waals surface area contributed by atoms with Crippen molar-refractivity contribution in [2.24, 2.45) is 0 Å². The summed E-state index contributed by atoms with van der Waals surface area (Å²) in [6.07, 6.45) is -0.235. The first-order chi connectivity index (χ1) is 15.3. The van der Waals surface area contributed by atoms with Gasteiger partial charge in [-0.15, -0.1) is 0 Å². The lowest BCUT2D eigenvalue weighted by Crippen LogP contribution is -2.56. The largest absolute Gasteiger partial charge is 0.592 e. The maximum Gasteiger partial charge on any atom is 0.592 e. The molecule has 2 atom stereocenters. The van der Waals surface area contributed by atoms with E-state index in [0.717, 1.165) is 24.2 Å². The Morgan fingerprint density at radius 3 is 1.87 bits per heavy atom. The number of hydrogen-bond donors (Lipinski definition) is 0. The van der Waals surface area contributed by atoms with E-state index in [4.69, 9.17) is 13.3 Å². The van der Waals surface area contributed by atoms with Crippen LogP contribution in [0.5, 0.6) is 0 Å². The summed E-state index contributed by atoms with van der Waals surface area (Å²) < 4.78 is 19.4. The molecule has 3 aliphatic heterocycles. The molecule has 0 aliphatic carbocycles. The van der Waals surface area contributed by atoms with Crippen molar-refractivity contribution in [3.63, 3.8) is 0 Å². The molecule has 0 aromatic heterocycles. The molecule has 2 unspecified atom stereocenters. The summed E-state index contributed by atoms with van der Waals surface area (Å²) in [6.45, 7) is 2.72. The minimum Gasteiger partial charge on any atom is -0.363 e. The molecule has 31 heavy (non-hydrogen) atoms. The van der Waals surface area contributed by atoms with Crippen molar-refractivity contribution in [1.82, 2.24) is 4.90 Å². The molecule has 2 bridgehead atoms. The highest BCUT2D eigenvalue weighted by Gasteiger charge is 2.50. The molecule has 3 fully saturated rings. The predicted octanol–water partition coefficient (Wildman–Crippen LogP) is 4.38. The fraction of sp³-hybridized carbons (Fsp3) is 0.231. The molecule has 3 aromatic rings. The number of nitrogens with zero attached hydrogens (tertiary/aromatic N) is 1. The summed E-state index contributed by atoms with van der Waals surface area (Å²) in [5, 5.41) is 0. The highest BCUT2D eigenvalue weighted by atomic mass is 28.4. The Labute approximate surface area is 184 Å². The van der Waals surface area contributed by atoms with Gasteiger partial charge in [0, 0.05) is 18.7 Å². The molecule has 0 amide bonds. The zero-order valence-corrected chi connectivity index (χ0v) is 18.3. The van der Waals surface area contributed by atoms with E-state index in [2.05, 4.69) is 71.0 Å². The Kier molecular flexibility index (Phi) is 5.99. The summed E-state index contributed by atoms with van der Waals surface area (Å²) in [4.78, 5) is 2.41. The highest BCUT2D eigenvalue weighted by Crippen LogP contribution is 2.41. The van der Waals surface area contributed by atoms with Gasteiger partial charge in [-0.05, 0) is 28.8 Å². The Hall–Kier alpha value is -2.72. The van der Waals surface area contributed by atoms with E-state index in [1.165, 1.54) is 5.56 Å². The van der Waals surface area contributed by atoms with Gasteiger partial charge < -0.3 is 13.3 Å². The fourth-order valence-corrected chi connectivity index (χ4v) is 6.26. The maximum atomic E-state index is 6.80. The molecular weight excluding hydrogens is 402 g/mol. The van der Waals surface area contributed by atoms with Crippen molar-refractivity contribution in [2.75, 3.05) is 26.3 Å². The first-order valence-corrected chi connectivity index (χ1v) is 12.4. The standard InChI is InChI=1S/C26H25NO3Si/c1-4-10-22(11-5-1)16-21-31-28-19-17-27(18-20-29-31)25(23-12-6-2-7-13-23)26(30-31)24-14-8-3-9-15-24/h1-15,25-26H,17-20H2. The predicted molar refractivity (Wildman–Crippen MR) is 122 cm³/mol. The monoisotopic (exact) mass is 427 g/mol. The topological polar surface area (TPSA) is 30.9 Å². The van der Waals surface area contributed by atoms with Gasteiger partial charge in [-0.3, -0.25) is 4.90 Å². The smallest absolute Gasteiger partial charge is 0.363 e. The van der Waals surface area contributed by atoms with Gasteiger partial charge in [-0.2, -0.15) is 0 Å². The third-order valence-corrected chi connectivity index (χ3v) is 7.87. The van der Waals surface area contributed by atoms with Crippen LogP contribution in [-0.4, -0.2) is 40.0 Å². The van der Waals surface area contributed by atoms with Crippen molar-refractivity contribution in [3.05, 3.63) is 108 Å². The third kappa shape index (κ3) is 4.49. The molecule has 0 radical (unpaired) electrons. The van der Waals surface area contributed by atoms with E-state index in [0.29, 0.717) is 13.2 Å². The number of fused-ring (bicyclic) bond motifs is 6. The summed E-state index contributed by atoms with van der Waals surface area (Å²) in [5.74, 6) is 3.26. The Morgan fingerprint density at radius 1 is 0.710 bits per heavy atom. The maximum absolute atomic E-state index is 6.80. The molecule has 0 N–H and O–H groups in total. The first-order valence-electron chi connectivity index (χ1n) is 10.7. The van der Waals surface area contributed by atoms with Gasteiger partial charge in [0.1, 0.15) is 0 Å². The Bertz CT molecular complexity index is 1040. The summed E-state index contributed by atoms with van der Waals surface area (Å²) >= 11 is 0. The lowest BCUT2D eigenvalue weighted by Gasteiger charge is -2.45. The van der Waals surface area contributed by atoms with Gasteiger partial charge in [0.2, 0.25) is 0 Å². The average Bonchev–Trinajstić information content (AvgIpc) is 2.80. The van der Waals surface area contributed by atoms with Crippen LogP contribution in [0.3, 0.4) is 0 Å². The highest BCUT2D eigenvalue weighted by molar-refractivity contribution is 6.69. The van der Waals surface area contributed by atoms with Gasteiger partial charge in [-0.25, -0.2) is 0 Å². The molecule has 5 heteroatoms. The van der Waals surface area contributed by atoms with E-state index in [-0.39, 0.29) is 12.1 Å². The number of benzene rings is 3. The molecular formula is C26H25NO3Si. The Morgan fingerprint density at radius 2 is 1.26 bits per heavy atom. The van der Waals surface area contributed by atoms with Crippen LogP contribution < -0.4 is 0 Å². The molecule has 0 saturated carbocycles. The summed E-state index contributed by atoms with van der Waals surface area (Å²) in [6, 6.07) is 31.0. The van der Waals surface area contributed by atoms with E-state index in [1.807, 2.05) is 36.4 Å². The van der Waals surface area contributed by atoms with Crippen LogP contribution in [0, 0.1) is 11.5 Å². The van der Waals surface area contributed by atoms with Crippen LogP contribution in [-0.2, 0) is 13.3 Å². The molecule has 3 aromatic carbocycles. The SMILES string of the molecule is C(#C[Si]12OCCN(CCO1)C(c1ccccc1)C(c1ccccc1)O2)c1ccccc1. The van der Waals surface area contributed by atoms with Crippen LogP contribution in [0.4, 0.5) is 0 Å². The summed E-state index contributed by atoms with van der Waals surface area (Å²) in [7, 11) is -3.22. The molecule has 156 valence electrons. The van der Waals surface area contributed by atoms with E-state index in [9.17, 15) is 0 Å². The van der Waals surface area contributed by atoms with E-state index >= 15 is 0 Å². The van der Waals surface area contributed by atoms with Crippen LogP contribution in [0.25, 0.3) is 0 Å². The third-order valence-electron chi connectivity index (χ3n) is 5.71. The Balaban J connectivity index is 1.60. The van der Waals surface area contributed by atoms with Gasteiger partial charge in [-0.1, -0.05) is 84.8 Å². The molecule has 3 heterocycles. The molecule has 3 aliphatic rings. The second-order valence-electron chi connectivity index (χ2n) is 7.71. The molecule has 0 spiro atoms. The van der Waals surface area contributed by atoms with Crippen LogP contribution in [0.1, 0.15) is 28.8 Å². The lowest BCUT2D eigenvalue weighted by atomic mass is 9.94. The first kappa shape index (κ1) is 20.2. The van der Waals surface area contributed by atoms with Crippen molar-refractivity contribution in [1.29, 1.82) is 0 Å². The van der Waals surface area contributed by atoms with Crippen molar-refractivity contribution < 1.29 is 13.3 Å². The second-order valence-corrected chi connectivity index (χ2v) is 9.89. The quantitative estimate of drug-likeness (QED) is 0.449. The van der Waals surface area contributed by atoms with E-state index in [1.54, 1.807) is 0 Å². The summed E-state index contributed by atoms with van der Waals surface area (Å²) in [5.41, 5.74) is 6.59. The zero-order chi connectivity index (χ0) is 20.9. The van der Waals surface area contributed by atoms with E-state index < -0.39 is 8.80 Å². The molecule has 3 saturated heterocycles. The van der Waals surface area contributed by atoms with Gasteiger partial charge in [0.05, 0.1) is 25.4 Å². The lowest BCUT2D eigenvalue weighted by molar-refractivity contribution is -0.0653. The number of hydrogen-bond acceptors (Lipinski definition) is 4.